The number of hydrogen-bond donors (Lipinski definition) is 1. The molecule has 0 aromatic heterocycles. The first-order valence-electron chi connectivity index (χ1n) is 7.86. The quantitative estimate of drug-likeness (QED) is 0.828. The van der Waals surface area contributed by atoms with Gasteiger partial charge in [0.2, 0.25) is 5.91 Å². The van der Waals surface area contributed by atoms with E-state index in [1.54, 1.807) is 6.07 Å². The van der Waals surface area contributed by atoms with Gasteiger partial charge in [-0.05, 0) is 89.9 Å². The molecule has 4 fully saturated rings. The summed E-state index contributed by atoms with van der Waals surface area (Å²) in [5, 5.41) is 3.01. The van der Waals surface area contributed by atoms with Crippen LogP contribution in [0.2, 0.25) is 0 Å². The number of amides is 1. The van der Waals surface area contributed by atoms with Crippen molar-refractivity contribution in [3.8, 4) is 0 Å². The third kappa shape index (κ3) is 2.41. The standard InChI is InChI=1S/C17H19BrFNO/c18-14-8-13(19)1-2-15(14)20-17(21)16-11-4-9-3-10(6-11)7-12(16)5-9/h1-2,8-12,16H,3-7H2,(H,20,21). The number of hydrogen-bond acceptors (Lipinski definition) is 1. The fourth-order valence-electron chi connectivity index (χ4n) is 5.16. The van der Waals surface area contributed by atoms with Crippen LogP contribution in [0.25, 0.3) is 0 Å². The van der Waals surface area contributed by atoms with Gasteiger partial charge < -0.3 is 5.32 Å². The topological polar surface area (TPSA) is 29.1 Å². The summed E-state index contributed by atoms with van der Waals surface area (Å²) in [6.07, 6.45) is 6.32. The molecule has 4 heteroatoms. The maximum absolute atomic E-state index is 13.1. The second kappa shape index (κ2) is 5.08. The summed E-state index contributed by atoms with van der Waals surface area (Å²) < 4.78 is 13.7. The number of benzene rings is 1. The minimum atomic E-state index is -0.297. The van der Waals surface area contributed by atoms with E-state index in [4.69, 9.17) is 0 Å². The second-order valence-corrected chi connectivity index (χ2v) is 7.92. The Kier molecular flexibility index (Phi) is 3.32. The first kappa shape index (κ1) is 13.7. The van der Waals surface area contributed by atoms with Crippen molar-refractivity contribution in [3.63, 3.8) is 0 Å². The lowest BCUT2D eigenvalue weighted by molar-refractivity contribution is -0.132. The molecule has 1 aromatic carbocycles. The van der Waals surface area contributed by atoms with Crippen LogP contribution in [-0.2, 0) is 4.79 Å². The van der Waals surface area contributed by atoms with Crippen LogP contribution in [0.5, 0.6) is 0 Å². The molecular formula is C17H19BrFNO. The minimum absolute atomic E-state index is 0.135. The molecule has 0 radical (unpaired) electrons. The molecule has 0 heterocycles. The lowest BCUT2D eigenvalue weighted by Crippen LogP contribution is -2.49. The molecular weight excluding hydrogens is 333 g/mol. The van der Waals surface area contributed by atoms with Crippen LogP contribution in [-0.4, -0.2) is 5.91 Å². The Bertz CT molecular complexity index is 560. The predicted octanol–water partition coefficient (Wildman–Crippen LogP) is 4.60. The maximum atomic E-state index is 13.1. The summed E-state index contributed by atoms with van der Waals surface area (Å²) in [6.45, 7) is 0. The van der Waals surface area contributed by atoms with E-state index in [0.29, 0.717) is 22.0 Å². The fraction of sp³-hybridized carbons (Fsp3) is 0.588. The molecule has 1 aromatic rings. The van der Waals surface area contributed by atoms with Crippen molar-refractivity contribution in [2.24, 2.45) is 29.6 Å². The van der Waals surface area contributed by atoms with E-state index in [9.17, 15) is 9.18 Å². The number of anilines is 1. The van der Waals surface area contributed by atoms with E-state index in [2.05, 4.69) is 21.2 Å². The second-order valence-electron chi connectivity index (χ2n) is 7.07. The van der Waals surface area contributed by atoms with Crippen molar-refractivity contribution in [2.75, 3.05) is 5.32 Å². The van der Waals surface area contributed by atoms with E-state index >= 15 is 0 Å². The third-order valence-corrected chi connectivity index (χ3v) is 6.37. The molecule has 0 spiro atoms. The lowest BCUT2D eigenvalue weighted by Gasteiger charge is -2.53. The van der Waals surface area contributed by atoms with Gasteiger partial charge in [-0.2, -0.15) is 0 Å². The summed E-state index contributed by atoms with van der Waals surface area (Å²) >= 11 is 3.32. The van der Waals surface area contributed by atoms with Gasteiger partial charge in [-0.3, -0.25) is 4.79 Å². The van der Waals surface area contributed by atoms with Crippen LogP contribution in [0.3, 0.4) is 0 Å². The highest BCUT2D eigenvalue weighted by Crippen LogP contribution is 2.56. The normalized spacial score (nSPS) is 36.8. The molecule has 4 aliphatic carbocycles. The van der Waals surface area contributed by atoms with E-state index in [1.165, 1.54) is 44.2 Å². The van der Waals surface area contributed by atoms with Gasteiger partial charge in [0.25, 0.3) is 0 Å². The van der Waals surface area contributed by atoms with Crippen molar-refractivity contribution in [2.45, 2.75) is 32.1 Å². The smallest absolute Gasteiger partial charge is 0.228 e. The number of halogens is 2. The van der Waals surface area contributed by atoms with Gasteiger partial charge in [0, 0.05) is 10.4 Å². The maximum Gasteiger partial charge on any atom is 0.228 e. The third-order valence-electron chi connectivity index (χ3n) is 5.72. The Morgan fingerprint density at radius 3 is 2.29 bits per heavy atom. The average molecular weight is 352 g/mol. The Balaban J connectivity index is 1.52. The van der Waals surface area contributed by atoms with Crippen LogP contribution in [0.4, 0.5) is 10.1 Å². The van der Waals surface area contributed by atoms with Gasteiger partial charge in [-0.25, -0.2) is 4.39 Å². The molecule has 21 heavy (non-hydrogen) atoms. The molecule has 4 bridgehead atoms. The number of rotatable bonds is 2. The van der Waals surface area contributed by atoms with Crippen molar-refractivity contribution in [3.05, 3.63) is 28.5 Å². The van der Waals surface area contributed by atoms with Gasteiger partial charge >= 0.3 is 0 Å². The zero-order chi connectivity index (χ0) is 14.6. The summed E-state index contributed by atoms with van der Waals surface area (Å²) in [7, 11) is 0. The molecule has 4 saturated carbocycles. The minimum Gasteiger partial charge on any atom is -0.325 e. The SMILES string of the molecule is O=C(Nc1ccc(F)cc1Br)C1C2CC3CC(C2)CC1C3. The molecule has 0 saturated heterocycles. The Hall–Kier alpha value is -0.900. The van der Waals surface area contributed by atoms with Crippen LogP contribution in [0, 0.1) is 35.4 Å². The van der Waals surface area contributed by atoms with Gasteiger partial charge in [-0.1, -0.05) is 0 Å². The summed E-state index contributed by atoms with van der Waals surface area (Å²) in [4.78, 5) is 12.7. The van der Waals surface area contributed by atoms with Gasteiger partial charge in [0.15, 0.2) is 0 Å². The summed E-state index contributed by atoms with van der Waals surface area (Å²) in [6, 6.07) is 4.41. The Morgan fingerprint density at radius 2 is 1.71 bits per heavy atom. The van der Waals surface area contributed by atoms with Crippen molar-refractivity contribution in [1.82, 2.24) is 0 Å². The molecule has 0 unspecified atom stereocenters. The molecule has 4 aliphatic rings. The van der Waals surface area contributed by atoms with Crippen molar-refractivity contribution >= 4 is 27.5 Å². The Labute approximate surface area is 132 Å². The van der Waals surface area contributed by atoms with Crippen LogP contribution >= 0.6 is 15.9 Å². The van der Waals surface area contributed by atoms with Gasteiger partial charge in [-0.15, -0.1) is 0 Å². The molecule has 1 amide bonds. The monoisotopic (exact) mass is 351 g/mol. The predicted molar refractivity (Wildman–Crippen MR) is 83.3 cm³/mol. The van der Waals surface area contributed by atoms with Gasteiger partial charge in [0.1, 0.15) is 5.82 Å². The van der Waals surface area contributed by atoms with Gasteiger partial charge in [0.05, 0.1) is 5.69 Å². The largest absolute Gasteiger partial charge is 0.325 e. The molecule has 5 rings (SSSR count). The fourth-order valence-corrected chi connectivity index (χ4v) is 5.61. The van der Waals surface area contributed by atoms with Crippen LogP contribution in [0.15, 0.2) is 22.7 Å². The average Bonchev–Trinajstić information content (AvgIpc) is 2.40. The Morgan fingerprint density at radius 1 is 1.10 bits per heavy atom. The summed E-state index contributed by atoms with van der Waals surface area (Å²) in [5.74, 6) is 2.88. The first-order chi connectivity index (χ1) is 10.1. The first-order valence-corrected chi connectivity index (χ1v) is 8.65. The van der Waals surface area contributed by atoms with Crippen LogP contribution < -0.4 is 5.32 Å². The zero-order valence-corrected chi connectivity index (χ0v) is 13.4. The molecule has 112 valence electrons. The molecule has 1 N–H and O–H groups in total. The van der Waals surface area contributed by atoms with E-state index in [0.717, 1.165) is 11.8 Å². The van der Waals surface area contributed by atoms with E-state index < -0.39 is 0 Å². The lowest BCUT2D eigenvalue weighted by atomic mass is 9.51. The van der Waals surface area contributed by atoms with E-state index in [1.807, 2.05) is 0 Å². The zero-order valence-electron chi connectivity index (χ0n) is 11.8. The molecule has 2 nitrogen and oxygen atoms in total. The van der Waals surface area contributed by atoms with Crippen molar-refractivity contribution < 1.29 is 9.18 Å². The molecule has 0 aliphatic heterocycles. The van der Waals surface area contributed by atoms with E-state index in [-0.39, 0.29) is 17.6 Å². The highest BCUT2D eigenvalue weighted by Gasteiger charge is 2.50. The molecule has 0 atom stereocenters. The number of carbonyl (C=O) groups is 1. The summed E-state index contributed by atoms with van der Waals surface area (Å²) in [5.41, 5.74) is 0.676. The number of nitrogens with one attached hydrogen (secondary N) is 1. The number of carbonyl (C=O) groups excluding carboxylic acids is 1. The van der Waals surface area contributed by atoms with Crippen LogP contribution in [0.1, 0.15) is 32.1 Å². The highest BCUT2D eigenvalue weighted by atomic mass is 79.9. The highest BCUT2D eigenvalue weighted by molar-refractivity contribution is 9.10. The van der Waals surface area contributed by atoms with Crippen molar-refractivity contribution in [1.29, 1.82) is 0 Å².